The molecule has 1 saturated carbocycles. The zero-order valence-electron chi connectivity index (χ0n) is 22.3. The molecule has 39 heavy (non-hydrogen) atoms. The summed E-state index contributed by atoms with van der Waals surface area (Å²) in [5, 5.41) is 18.9. The summed E-state index contributed by atoms with van der Waals surface area (Å²) in [4.78, 5) is 59.9. The minimum atomic E-state index is -0.910. The number of fused-ring (bicyclic) bond motifs is 1. The van der Waals surface area contributed by atoms with E-state index in [1.807, 2.05) is 0 Å². The summed E-state index contributed by atoms with van der Waals surface area (Å²) in [6.07, 6.45) is 2.14. The average Bonchev–Trinajstić information content (AvgIpc) is 3.33. The number of aliphatic hydroxyl groups excluding tert-OH is 1. The Morgan fingerprint density at radius 1 is 1.13 bits per heavy atom. The molecule has 212 valence electrons. The van der Waals surface area contributed by atoms with Crippen LogP contribution >= 0.6 is 23.4 Å². The topological polar surface area (TPSA) is 143 Å². The molecule has 0 radical (unpaired) electrons. The van der Waals surface area contributed by atoms with Gasteiger partial charge in [-0.1, -0.05) is 23.4 Å². The number of hydrogen-bond acceptors (Lipinski definition) is 8. The monoisotopic (exact) mass is 578 g/mol. The predicted molar refractivity (Wildman–Crippen MR) is 151 cm³/mol. The second-order valence-corrected chi connectivity index (χ2v) is 12.2. The summed E-state index contributed by atoms with van der Waals surface area (Å²) in [6, 6.07) is 3.55. The van der Waals surface area contributed by atoms with Crippen LogP contribution < -0.4 is 16.0 Å². The van der Waals surface area contributed by atoms with Crippen molar-refractivity contribution in [2.45, 2.75) is 55.7 Å². The van der Waals surface area contributed by atoms with Crippen LogP contribution in [0.4, 0.5) is 5.69 Å². The Balaban J connectivity index is 1.44. The summed E-state index contributed by atoms with van der Waals surface area (Å²) < 4.78 is 0. The van der Waals surface area contributed by atoms with Crippen LogP contribution in [0.2, 0.25) is 5.02 Å². The third-order valence-electron chi connectivity index (χ3n) is 7.43. The van der Waals surface area contributed by atoms with Crippen molar-refractivity contribution in [3.05, 3.63) is 28.8 Å². The molecular formula is C26H35ClN6O5S. The molecule has 0 spiro atoms. The molecule has 5 atom stereocenters. The molecular weight excluding hydrogens is 544 g/mol. The normalized spacial score (nSPS) is 26.7. The van der Waals surface area contributed by atoms with Crippen LogP contribution in [0.1, 0.15) is 31.2 Å². The summed E-state index contributed by atoms with van der Waals surface area (Å²) in [7, 11) is 5.43. The average molecular weight is 579 g/mol. The van der Waals surface area contributed by atoms with Crippen LogP contribution in [0.3, 0.4) is 0 Å². The smallest absolute Gasteiger partial charge is 0.313 e. The lowest BCUT2D eigenvalue weighted by Crippen LogP contribution is -2.57. The Morgan fingerprint density at radius 2 is 1.90 bits per heavy atom. The van der Waals surface area contributed by atoms with Gasteiger partial charge in [0.05, 0.1) is 18.7 Å². The Hall–Kier alpha value is -2.67. The van der Waals surface area contributed by atoms with E-state index in [0.29, 0.717) is 34.9 Å². The van der Waals surface area contributed by atoms with Crippen LogP contribution in [-0.2, 0) is 25.8 Å². The van der Waals surface area contributed by atoms with E-state index in [1.54, 1.807) is 20.2 Å². The van der Waals surface area contributed by atoms with Crippen molar-refractivity contribution in [1.82, 2.24) is 20.4 Å². The number of rotatable bonds is 6. The number of aliphatic hydroxyl groups is 1. The van der Waals surface area contributed by atoms with E-state index in [-0.39, 0.29) is 41.3 Å². The standard InChI is InChI=1S/C26H35ClN6O5S/c1-32(2)26(38)14-4-6-18(29-23(36)22(35)28-17-7-5-16(27)10-15(17)13-34)20(11-14)30-24(37)25-31-19-8-9-33(3)12-21(19)39-25/h5,7,10,14,18-21,34H,4,6,8-9,11-13H2,1-3H3,(H,28,35)(H,29,36)(H,30,37)/t14-,18-,19?,20+,21?/m0/s1. The van der Waals surface area contributed by atoms with E-state index in [2.05, 4.69) is 32.9 Å². The van der Waals surface area contributed by atoms with Gasteiger partial charge in [-0.3, -0.25) is 24.2 Å². The molecule has 0 aromatic heterocycles. The van der Waals surface area contributed by atoms with Gasteiger partial charge in [0.15, 0.2) is 5.04 Å². The molecule has 1 aliphatic carbocycles. The molecule has 2 fully saturated rings. The van der Waals surface area contributed by atoms with Crippen LogP contribution in [0.25, 0.3) is 0 Å². The number of nitrogens with zero attached hydrogens (tertiary/aromatic N) is 3. The molecule has 0 bridgehead atoms. The molecule has 2 heterocycles. The fourth-order valence-corrected chi connectivity index (χ4v) is 6.84. The van der Waals surface area contributed by atoms with Crippen molar-refractivity contribution < 1.29 is 24.3 Å². The van der Waals surface area contributed by atoms with Crippen molar-refractivity contribution >= 4 is 57.7 Å². The van der Waals surface area contributed by atoms with Gasteiger partial charge in [0.2, 0.25) is 5.91 Å². The van der Waals surface area contributed by atoms with E-state index in [4.69, 9.17) is 11.6 Å². The number of halogens is 1. The second-order valence-electron chi connectivity index (χ2n) is 10.5. The Bertz CT molecular complexity index is 1160. The van der Waals surface area contributed by atoms with Gasteiger partial charge in [-0.05, 0) is 57.5 Å². The molecule has 1 saturated heterocycles. The molecule has 4 rings (SSSR count). The highest BCUT2D eigenvalue weighted by Crippen LogP contribution is 2.33. The highest BCUT2D eigenvalue weighted by Gasteiger charge is 2.40. The van der Waals surface area contributed by atoms with Crippen LogP contribution in [0, 0.1) is 5.92 Å². The third-order valence-corrected chi connectivity index (χ3v) is 8.95. The molecule has 11 nitrogen and oxygen atoms in total. The number of piperidine rings is 1. The number of aliphatic imine (C=N–C) groups is 1. The maximum atomic E-state index is 13.3. The van der Waals surface area contributed by atoms with Gasteiger partial charge in [0.1, 0.15) is 0 Å². The van der Waals surface area contributed by atoms with Crippen molar-refractivity contribution in [3.8, 4) is 0 Å². The second kappa shape index (κ2) is 12.7. The highest BCUT2D eigenvalue weighted by molar-refractivity contribution is 8.16. The lowest BCUT2D eigenvalue weighted by atomic mass is 9.81. The lowest BCUT2D eigenvalue weighted by Gasteiger charge is -2.37. The van der Waals surface area contributed by atoms with Crippen LogP contribution in [-0.4, -0.2) is 101 Å². The quantitative estimate of drug-likeness (QED) is 0.366. The van der Waals surface area contributed by atoms with Gasteiger partial charge < -0.3 is 30.9 Å². The Morgan fingerprint density at radius 3 is 2.62 bits per heavy atom. The molecule has 2 unspecified atom stereocenters. The highest BCUT2D eigenvalue weighted by atomic mass is 35.5. The van der Waals surface area contributed by atoms with E-state index >= 15 is 0 Å². The number of hydrogen-bond donors (Lipinski definition) is 4. The number of carbonyl (C=O) groups is 4. The first kappa shape index (κ1) is 29.3. The van der Waals surface area contributed by atoms with Gasteiger partial charge in [-0.2, -0.15) is 0 Å². The minimum Gasteiger partial charge on any atom is -0.392 e. The maximum absolute atomic E-state index is 13.3. The first-order valence-electron chi connectivity index (χ1n) is 13.0. The van der Waals surface area contributed by atoms with E-state index in [1.165, 1.54) is 28.8 Å². The number of nitrogens with one attached hydrogen (secondary N) is 3. The number of thioether (sulfide) groups is 1. The largest absolute Gasteiger partial charge is 0.392 e. The Labute approximate surface area is 237 Å². The van der Waals surface area contributed by atoms with Crippen LogP contribution in [0.5, 0.6) is 0 Å². The van der Waals surface area contributed by atoms with Gasteiger partial charge in [-0.25, -0.2) is 0 Å². The van der Waals surface area contributed by atoms with E-state index < -0.39 is 23.9 Å². The summed E-state index contributed by atoms with van der Waals surface area (Å²) in [6.45, 7) is 1.43. The molecule has 4 amide bonds. The molecule has 1 aromatic rings. The van der Waals surface area contributed by atoms with Gasteiger partial charge in [0.25, 0.3) is 5.91 Å². The zero-order chi connectivity index (χ0) is 28.3. The van der Waals surface area contributed by atoms with Crippen molar-refractivity contribution in [2.24, 2.45) is 10.9 Å². The molecule has 3 aliphatic rings. The summed E-state index contributed by atoms with van der Waals surface area (Å²) in [5.74, 6) is -2.47. The SMILES string of the molecule is CN1CCC2N=C(C(=O)N[C@@H]3C[C@@H](C(=O)N(C)C)CC[C@@H]3NC(=O)C(=O)Nc3ccc(Cl)cc3CO)SC2C1. The predicted octanol–water partition coefficient (Wildman–Crippen LogP) is 0.847. The van der Waals surface area contributed by atoms with E-state index in [9.17, 15) is 24.3 Å². The molecule has 4 N–H and O–H groups in total. The first-order valence-corrected chi connectivity index (χ1v) is 14.3. The summed E-state index contributed by atoms with van der Waals surface area (Å²) in [5.41, 5.74) is 0.647. The fourth-order valence-electron chi connectivity index (χ4n) is 5.31. The molecule has 1 aromatic carbocycles. The van der Waals surface area contributed by atoms with Gasteiger partial charge >= 0.3 is 11.8 Å². The van der Waals surface area contributed by atoms with Gasteiger partial charge in [0, 0.05) is 54.1 Å². The summed E-state index contributed by atoms with van der Waals surface area (Å²) >= 11 is 7.42. The van der Waals surface area contributed by atoms with E-state index in [0.717, 1.165) is 19.5 Å². The van der Waals surface area contributed by atoms with Gasteiger partial charge in [-0.15, -0.1) is 0 Å². The molecule has 13 heteroatoms. The first-order chi connectivity index (χ1) is 18.5. The molecule has 2 aliphatic heterocycles. The third kappa shape index (κ3) is 7.10. The zero-order valence-corrected chi connectivity index (χ0v) is 23.8. The van der Waals surface area contributed by atoms with Crippen LogP contribution in [0.15, 0.2) is 23.2 Å². The number of carbonyl (C=O) groups excluding carboxylic acids is 4. The number of benzene rings is 1. The van der Waals surface area contributed by atoms with Crippen molar-refractivity contribution in [3.63, 3.8) is 0 Å². The van der Waals surface area contributed by atoms with Crippen molar-refractivity contribution in [1.29, 1.82) is 0 Å². The Kier molecular flexibility index (Phi) is 9.52. The number of likely N-dealkylation sites (tertiary alicyclic amines) is 1. The fraction of sp³-hybridized carbons (Fsp3) is 0.577. The minimum absolute atomic E-state index is 0.0438. The lowest BCUT2D eigenvalue weighted by molar-refractivity contribution is -0.138. The maximum Gasteiger partial charge on any atom is 0.313 e. The number of anilines is 1. The van der Waals surface area contributed by atoms with Crippen molar-refractivity contribution in [2.75, 3.05) is 39.5 Å². The number of amides is 4.